The lowest BCUT2D eigenvalue weighted by Gasteiger charge is -2.30. The average molecular weight is 186 g/mol. The minimum Gasteiger partial charge on any atom is -0.311 e. The number of hydrogen-bond acceptors (Lipinski definition) is 2. The standard InChI is InChI=1S/C11H26N2/c1-7-10(13(6)8-2)9-12-11(3,4)5/h10,12H,7-9H2,1-6H3. The summed E-state index contributed by atoms with van der Waals surface area (Å²) < 4.78 is 0. The van der Waals surface area contributed by atoms with Crippen molar-refractivity contribution in [3.05, 3.63) is 0 Å². The summed E-state index contributed by atoms with van der Waals surface area (Å²) in [5, 5.41) is 3.55. The van der Waals surface area contributed by atoms with Crippen LogP contribution in [0.15, 0.2) is 0 Å². The van der Waals surface area contributed by atoms with Crippen molar-refractivity contribution in [2.45, 2.75) is 52.6 Å². The predicted molar refractivity (Wildman–Crippen MR) is 60.1 cm³/mol. The lowest BCUT2D eigenvalue weighted by Crippen LogP contribution is -2.46. The fourth-order valence-corrected chi connectivity index (χ4v) is 1.29. The zero-order valence-corrected chi connectivity index (χ0v) is 10.1. The molecule has 0 aliphatic carbocycles. The third-order valence-corrected chi connectivity index (χ3v) is 2.46. The van der Waals surface area contributed by atoms with Crippen molar-refractivity contribution < 1.29 is 0 Å². The Morgan fingerprint density at radius 2 is 1.77 bits per heavy atom. The van der Waals surface area contributed by atoms with Gasteiger partial charge in [0.2, 0.25) is 0 Å². The van der Waals surface area contributed by atoms with Crippen molar-refractivity contribution >= 4 is 0 Å². The van der Waals surface area contributed by atoms with E-state index >= 15 is 0 Å². The molecule has 0 aliphatic rings. The lowest BCUT2D eigenvalue weighted by molar-refractivity contribution is 0.225. The average Bonchev–Trinajstić information content (AvgIpc) is 2.03. The maximum absolute atomic E-state index is 3.55. The van der Waals surface area contributed by atoms with Crippen molar-refractivity contribution in [1.82, 2.24) is 10.2 Å². The third-order valence-electron chi connectivity index (χ3n) is 2.46. The van der Waals surface area contributed by atoms with Crippen molar-refractivity contribution in [2.75, 3.05) is 20.1 Å². The monoisotopic (exact) mass is 186 g/mol. The van der Waals surface area contributed by atoms with Gasteiger partial charge < -0.3 is 10.2 Å². The SMILES string of the molecule is CCC(CNC(C)(C)C)N(C)CC. The van der Waals surface area contributed by atoms with Crippen LogP contribution in [0.2, 0.25) is 0 Å². The molecule has 1 N–H and O–H groups in total. The van der Waals surface area contributed by atoms with Crippen molar-refractivity contribution in [1.29, 1.82) is 0 Å². The molecule has 0 aromatic carbocycles. The Hall–Kier alpha value is -0.0800. The highest BCUT2D eigenvalue weighted by Crippen LogP contribution is 2.03. The molecule has 0 amide bonds. The molecule has 2 heteroatoms. The molecule has 0 radical (unpaired) electrons. The zero-order chi connectivity index (χ0) is 10.5. The summed E-state index contributed by atoms with van der Waals surface area (Å²) in [5.41, 5.74) is 0.238. The second kappa shape index (κ2) is 5.61. The summed E-state index contributed by atoms with van der Waals surface area (Å²) in [6.45, 7) is 13.3. The second-order valence-corrected chi connectivity index (χ2v) is 4.77. The second-order valence-electron chi connectivity index (χ2n) is 4.77. The summed E-state index contributed by atoms with van der Waals surface area (Å²) in [6.07, 6.45) is 1.22. The van der Waals surface area contributed by atoms with E-state index in [9.17, 15) is 0 Å². The van der Waals surface area contributed by atoms with Crippen LogP contribution >= 0.6 is 0 Å². The number of rotatable bonds is 5. The minimum absolute atomic E-state index is 0.238. The molecule has 80 valence electrons. The van der Waals surface area contributed by atoms with Crippen LogP contribution in [0.4, 0.5) is 0 Å². The van der Waals surface area contributed by atoms with E-state index in [0.717, 1.165) is 13.1 Å². The summed E-state index contributed by atoms with van der Waals surface area (Å²) in [7, 11) is 2.19. The topological polar surface area (TPSA) is 15.3 Å². The number of likely N-dealkylation sites (N-methyl/N-ethyl adjacent to an activating group) is 1. The van der Waals surface area contributed by atoms with Crippen molar-refractivity contribution in [3.63, 3.8) is 0 Å². The summed E-state index contributed by atoms with van der Waals surface area (Å²) in [6, 6.07) is 0.671. The van der Waals surface area contributed by atoms with Gasteiger partial charge in [0.05, 0.1) is 0 Å². The van der Waals surface area contributed by atoms with Gasteiger partial charge in [-0.15, -0.1) is 0 Å². The quantitative estimate of drug-likeness (QED) is 0.707. The Morgan fingerprint density at radius 1 is 1.23 bits per heavy atom. The first-order chi connectivity index (χ1) is 5.90. The lowest BCUT2D eigenvalue weighted by atomic mass is 10.1. The molecule has 0 spiro atoms. The first-order valence-corrected chi connectivity index (χ1v) is 5.36. The van der Waals surface area contributed by atoms with E-state index < -0.39 is 0 Å². The van der Waals surface area contributed by atoms with E-state index in [-0.39, 0.29) is 5.54 Å². The van der Waals surface area contributed by atoms with Crippen LogP contribution in [0.3, 0.4) is 0 Å². The summed E-state index contributed by atoms with van der Waals surface area (Å²) in [5.74, 6) is 0. The van der Waals surface area contributed by atoms with E-state index in [1.807, 2.05) is 0 Å². The van der Waals surface area contributed by atoms with E-state index in [1.165, 1.54) is 6.42 Å². The van der Waals surface area contributed by atoms with Crippen LogP contribution in [0.1, 0.15) is 41.0 Å². The molecule has 2 nitrogen and oxygen atoms in total. The highest BCUT2D eigenvalue weighted by Gasteiger charge is 2.14. The van der Waals surface area contributed by atoms with Gasteiger partial charge in [-0.3, -0.25) is 0 Å². The molecule has 0 aromatic rings. The fraction of sp³-hybridized carbons (Fsp3) is 1.00. The Labute approximate surface area is 83.7 Å². The molecule has 13 heavy (non-hydrogen) atoms. The molecule has 0 bridgehead atoms. The number of nitrogens with zero attached hydrogens (tertiary/aromatic N) is 1. The molecular weight excluding hydrogens is 160 g/mol. The Kier molecular flexibility index (Phi) is 5.57. The van der Waals surface area contributed by atoms with Crippen LogP contribution in [-0.4, -0.2) is 36.6 Å². The summed E-state index contributed by atoms with van der Waals surface area (Å²) in [4.78, 5) is 2.40. The molecule has 1 atom stereocenters. The smallest absolute Gasteiger partial charge is 0.0215 e. The van der Waals surface area contributed by atoms with Crippen LogP contribution in [0.5, 0.6) is 0 Å². The fourth-order valence-electron chi connectivity index (χ4n) is 1.29. The van der Waals surface area contributed by atoms with Gasteiger partial charge in [0, 0.05) is 18.1 Å². The van der Waals surface area contributed by atoms with Crippen LogP contribution in [0.25, 0.3) is 0 Å². The highest BCUT2D eigenvalue weighted by molar-refractivity contribution is 4.76. The number of nitrogens with one attached hydrogen (secondary N) is 1. The van der Waals surface area contributed by atoms with E-state index in [4.69, 9.17) is 0 Å². The maximum atomic E-state index is 3.55. The normalized spacial score (nSPS) is 15.0. The molecule has 0 saturated carbocycles. The van der Waals surface area contributed by atoms with Gasteiger partial charge in [0.15, 0.2) is 0 Å². The Morgan fingerprint density at radius 3 is 2.08 bits per heavy atom. The zero-order valence-electron chi connectivity index (χ0n) is 10.1. The minimum atomic E-state index is 0.238. The van der Waals surface area contributed by atoms with E-state index in [0.29, 0.717) is 6.04 Å². The first kappa shape index (κ1) is 12.9. The van der Waals surface area contributed by atoms with Gasteiger partial charge >= 0.3 is 0 Å². The van der Waals surface area contributed by atoms with Gasteiger partial charge in [-0.05, 0) is 40.8 Å². The molecule has 0 aliphatic heterocycles. The van der Waals surface area contributed by atoms with Gasteiger partial charge in [0.25, 0.3) is 0 Å². The highest BCUT2D eigenvalue weighted by atomic mass is 15.1. The molecule has 0 heterocycles. The molecule has 0 aromatic heterocycles. The largest absolute Gasteiger partial charge is 0.311 e. The van der Waals surface area contributed by atoms with Gasteiger partial charge in [-0.2, -0.15) is 0 Å². The molecule has 1 unspecified atom stereocenters. The molecular formula is C11H26N2. The van der Waals surface area contributed by atoms with Crippen molar-refractivity contribution in [2.24, 2.45) is 0 Å². The van der Waals surface area contributed by atoms with Gasteiger partial charge in [0.1, 0.15) is 0 Å². The Balaban J connectivity index is 3.85. The predicted octanol–water partition coefficient (Wildman–Crippen LogP) is 2.10. The molecule has 0 saturated heterocycles. The van der Waals surface area contributed by atoms with Crippen LogP contribution in [0, 0.1) is 0 Å². The van der Waals surface area contributed by atoms with Gasteiger partial charge in [-0.25, -0.2) is 0 Å². The van der Waals surface area contributed by atoms with Crippen molar-refractivity contribution in [3.8, 4) is 0 Å². The van der Waals surface area contributed by atoms with Crippen LogP contribution < -0.4 is 5.32 Å². The maximum Gasteiger partial charge on any atom is 0.0215 e. The third kappa shape index (κ3) is 6.05. The number of hydrogen-bond donors (Lipinski definition) is 1. The van der Waals surface area contributed by atoms with E-state index in [2.05, 4.69) is 51.9 Å². The van der Waals surface area contributed by atoms with Crippen LogP contribution in [-0.2, 0) is 0 Å². The molecule has 0 fully saturated rings. The van der Waals surface area contributed by atoms with E-state index in [1.54, 1.807) is 0 Å². The first-order valence-electron chi connectivity index (χ1n) is 5.36. The van der Waals surface area contributed by atoms with Gasteiger partial charge in [-0.1, -0.05) is 13.8 Å². The Bertz CT molecular complexity index is 127. The summed E-state index contributed by atoms with van der Waals surface area (Å²) >= 11 is 0. The molecule has 0 rings (SSSR count).